The molecule has 3 heteroatoms. The van der Waals surface area contributed by atoms with Crippen LogP contribution < -0.4 is 5.73 Å². The van der Waals surface area contributed by atoms with Crippen molar-refractivity contribution in [1.82, 2.24) is 0 Å². The van der Waals surface area contributed by atoms with Crippen molar-refractivity contribution < 1.29 is 9.53 Å². The van der Waals surface area contributed by atoms with Crippen molar-refractivity contribution in [2.45, 2.75) is 31.4 Å². The average molecular weight is 245 g/mol. The minimum atomic E-state index is -0.458. The Kier molecular flexibility index (Phi) is 4.28. The number of ether oxygens (including phenoxy) is 1. The highest BCUT2D eigenvalue weighted by molar-refractivity contribution is 5.84. The fourth-order valence-electron chi connectivity index (χ4n) is 2.29. The van der Waals surface area contributed by atoms with Gasteiger partial charge in [0.1, 0.15) is 0 Å². The molecule has 18 heavy (non-hydrogen) atoms. The molecule has 0 fully saturated rings. The van der Waals surface area contributed by atoms with Crippen LogP contribution in [-0.2, 0) is 16.0 Å². The maximum Gasteiger partial charge on any atom is 0.152 e. The van der Waals surface area contributed by atoms with Crippen LogP contribution in [0.25, 0.3) is 0 Å². The van der Waals surface area contributed by atoms with E-state index in [1.54, 1.807) is 6.08 Å². The molecule has 0 amide bonds. The third kappa shape index (κ3) is 2.86. The van der Waals surface area contributed by atoms with Crippen LogP contribution in [0.2, 0.25) is 0 Å². The summed E-state index contributed by atoms with van der Waals surface area (Å²) in [5.41, 5.74) is 8.19. The highest BCUT2D eigenvalue weighted by atomic mass is 16.5. The molecule has 0 saturated heterocycles. The van der Waals surface area contributed by atoms with E-state index in [4.69, 9.17) is 10.5 Å². The summed E-state index contributed by atoms with van der Waals surface area (Å²) in [6.07, 6.45) is 3.33. The van der Waals surface area contributed by atoms with E-state index in [1.165, 1.54) is 5.56 Å². The maximum absolute atomic E-state index is 12.0. The largest absolute Gasteiger partial charge is 0.373 e. The van der Waals surface area contributed by atoms with Crippen molar-refractivity contribution in [3.8, 4) is 0 Å². The molecule has 3 nitrogen and oxygen atoms in total. The summed E-state index contributed by atoms with van der Waals surface area (Å²) in [5, 5.41) is 0. The predicted octanol–water partition coefficient (Wildman–Crippen LogP) is 2.16. The van der Waals surface area contributed by atoms with Gasteiger partial charge in [0.2, 0.25) is 0 Å². The molecule has 0 saturated carbocycles. The molecule has 0 spiro atoms. The third-order valence-electron chi connectivity index (χ3n) is 3.31. The second-order valence-corrected chi connectivity index (χ2v) is 4.61. The first-order valence-electron chi connectivity index (χ1n) is 6.31. The van der Waals surface area contributed by atoms with Crippen molar-refractivity contribution >= 4 is 5.78 Å². The molecular formula is C15H19NO2. The number of Topliss-reactive ketones (excluding diaryl/α,β-unsaturated/α-hetero) is 1. The van der Waals surface area contributed by atoms with Crippen molar-refractivity contribution in [3.05, 3.63) is 48.0 Å². The van der Waals surface area contributed by atoms with Gasteiger partial charge < -0.3 is 10.5 Å². The number of fused-ring (bicyclic) bond motifs is 1. The summed E-state index contributed by atoms with van der Waals surface area (Å²) >= 11 is 0. The van der Waals surface area contributed by atoms with E-state index in [9.17, 15) is 4.79 Å². The molecule has 96 valence electrons. The quantitative estimate of drug-likeness (QED) is 0.809. The fourth-order valence-corrected chi connectivity index (χ4v) is 2.29. The molecule has 1 aliphatic heterocycles. The Bertz CT molecular complexity index is 442. The maximum atomic E-state index is 12.0. The zero-order chi connectivity index (χ0) is 13.0. The van der Waals surface area contributed by atoms with Crippen molar-refractivity contribution in [3.63, 3.8) is 0 Å². The van der Waals surface area contributed by atoms with Gasteiger partial charge >= 0.3 is 0 Å². The minimum absolute atomic E-state index is 0.0385. The van der Waals surface area contributed by atoms with Crippen LogP contribution in [0.15, 0.2) is 36.9 Å². The van der Waals surface area contributed by atoms with Gasteiger partial charge in [-0.05, 0) is 24.0 Å². The number of carbonyl (C=O) groups excluding carboxylic acids is 1. The Morgan fingerprint density at radius 1 is 1.56 bits per heavy atom. The summed E-state index contributed by atoms with van der Waals surface area (Å²) in [4.78, 5) is 12.0. The van der Waals surface area contributed by atoms with Crippen LogP contribution in [0.3, 0.4) is 0 Å². The van der Waals surface area contributed by atoms with E-state index >= 15 is 0 Å². The van der Waals surface area contributed by atoms with Crippen LogP contribution in [0, 0.1) is 0 Å². The molecule has 1 heterocycles. The molecule has 1 aromatic carbocycles. The highest BCUT2D eigenvalue weighted by Gasteiger charge is 2.24. The van der Waals surface area contributed by atoms with Crippen molar-refractivity contribution in [2.75, 3.05) is 6.61 Å². The molecule has 0 radical (unpaired) electrons. The van der Waals surface area contributed by atoms with E-state index in [1.807, 2.05) is 18.2 Å². The van der Waals surface area contributed by atoms with Gasteiger partial charge in [-0.1, -0.05) is 30.3 Å². The number of hydrogen-bond donors (Lipinski definition) is 1. The van der Waals surface area contributed by atoms with Gasteiger partial charge in [-0.15, -0.1) is 6.58 Å². The standard InChI is InChI=1S/C15H19NO2/c1-2-5-13(16)14(17)10-15-12-7-4-3-6-11(12)8-9-18-15/h2-4,6-7,13,15H,1,5,8-10,16H2. The summed E-state index contributed by atoms with van der Waals surface area (Å²) in [6.45, 7) is 4.27. The number of nitrogens with two attached hydrogens (primary N) is 1. The van der Waals surface area contributed by atoms with E-state index in [2.05, 4.69) is 12.6 Å². The lowest BCUT2D eigenvalue weighted by atomic mass is 9.93. The second-order valence-electron chi connectivity index (χ2n) is 4.61. The summed E-state index contributed by atoms with van der Waals surface area (Å²) in [6, 6.07) is 7.67. The second kappa shape index (κ2) is 5.94. The van der Waals surface area contributed by atoms with Gasteiger partial charge in [0.25, 0.3) is 0 Å². The molecule has 0 bridgehead atoms. The van der Waals surface area contributed by atoms with Gasteiger partial charge in [-0.3, -0.25) is 4.79 Å². The smallest absolute Gasteiger partial charge is 0.152 e. The zero-order valence-corrected chi connectivity index (χ0v) is 10.5. The van der Waals surface area contributed by atoms with Gasteiger partial charge in [0.05, 0.1) is 18.8 Å². The average Bonchev–Trinajstić information content (AvgIpc) is 2.39. The number of hydrogen-bond acceptors (Lipinski definition) is 3. The van der Waals surface area contributed by atoms with Crippen LogP contribution >= 0.6 is 0 Å². The molecule has 1 aromatic rings. The predicted molar refractivity (Wildman–Crippen MR) is 71.3 cm³/mol. The Morgan fingerprint density at radius 2 is 2.33 bits per heavy atom. The topological polar surface area (TPSA) is 52.3 Å². The van der Waals surface area contributed by atoms with Crippen molar-refractivity contribution in [1.29, 1.82) is 0 Å². The monoisotopic (exact) mass is 245 g/mol. The lowest BCUT2D eigenvalue weighted by Crippen LogP contribution is -2.32. The Hall–Kier alpha value is -1.45. The number of carbonyl (C=O) groups is 1. The lowest BCUT2D eigenvalue weighted by Gasteiger charge is -2.26. The number of benzene rings is 1. The first-order valence-corrected chi connectivity index (χ1v) is 6.31. The first kappa shape index (κ1) is 13.0. The van der Waals surface area contributed by atoms with E-state index in [-0.39, 0.29) is 11.9 Å². The molecular weight excluding hydrogens is 226 g/mol. The summed E-state index contributed by atoms with van der Waals surface area (Å²) < 4.78 is 5.70. The molecule has 0 aliphatic carbocycles. The van der Waals surface area contributed by atoms with Gasteiger partial charge in [0.15, 0.2) is 5.78 Å². The van der Waals surface area contributed by atoms with Crippen LogP contribution in [0.1, 0.15) is 30.1 Å². The van der Waals surface area contributed by atoms with Crippen molar-refractivity contribution in [2.24, 2.45) is 5.73 Å². The van der Waals surface area contributed by atoms with E-state index < -0.39 is 6.04 Å². The Balaban J connectivity index is 2.07. The van der Waals surface area contributed by atoms with E-state index in [0.717, 1.165) is 12.0 Å². The highest BCUT2D eigenvalue weighted by Crippen LogP contribution is 2.29. The van der Waals surface area contributed by atoms with Crippen LogP contribution in [0.5, 0.6) is 0 Å². The van der Waals surface area contributed by atoms with E-state index in [0.29, 0.717) is 19.4 Å². The van der Waals surface area contributed by atoms with Gasteiger partial charge in [-0.2, -0.15) is 0 Å². The zero-order valence-electron chi connectivity index (χ0n) is 10.5. The molecule has 0 aromatic heterocycles. The molecule has 2 rings (SSSR count). The van der Waals surface area contributed by atoms with Crippen LogP contribution in [-0.4, -0.2) is 18.4 Å². The molecule has 2 N–H and O–H groups in total. The molecule has 2 unspecified atom stereocenters. The van der Waals surface area contributed by atoms with Gasteiger partial charge in [0, 0.05) is 6.42 Å². The Labute approximate surface area is 108 Å². The third-order valence-corrected chi connectivity index (χ3v) is 3.31. The first-order chi connectivity index (χ1) is 8.72. The normalized spacial score (nSPS) is 19.9. The SMILES string of the molecule is C=CCC(N)C(=O)CC1OCCc2ccccc21. The molecule has 1 aliphatic rings. The number of ketones is 1. The fraction of sp³-hybridized carbons (Fsp3) is 0.400. The number of rotatable bonds is 5. The molecule has 2 atom stereocenters. The Morgan fingerprint density at radius 3 is 3.11 bits per heavy atom. The summed E-state index contributed by atoms with van der Waals surface area (Å²) in [5.74, 6) is 0.0385. The minimum Gasteiger partial charge on any atom is -0.373 e. The van der Waals surface area contributed by atoms with Crippen LogP contribution in [0.4, 0.5) is 0 Å². The lowest BCUT2D eigenvalue weighted by molar-refractivity contribution is -0.123. The van der Waals surface area contributed by atoms with Gasteiger partial charge in [-0.25, -0.2) is 0 Å². The summed E-state index contributed by atoms with van der Waals surface area (Å²) in [7, 11) is 0.